The summed E-state index contributed by atoms with van der Waals surface area (Å²) in [6.07, 6.45) is 0. The van der Waals surface area contributed by atoms with Crippen molar-refractivity contribution in [3.63, 3.8) is 0 Å². The Morgan fingerprint density at radius 3 is 2.45 bits per heavy atom. The lowest BCUT2D eigenvalue weighted by Gasteiger charge is -2.20. The van der Waals surface area contributed by atoms with Crippen LogP contribution < -0.4 is 10.1 Å². The third-order valence-electron chi connectivity index (χ3n) is 3.06. The second kappa shape index (κ2) is 6.33. The average molecular weight is 342 g/mol. The van der Waals surface area contributed by atoms with Crippen molar-refractivity contribution in [3.05, 3.63) is 63.6 Å². The molecule has 1 atom stereocenters. The normalized spacial score (nSPS) is 12.2. The Hall–Kier alpha value is -1.46. The van der Waals surface area contributed by atoms with Crippen LogP contribution in [0.3, 0.4) is 0 Å². The van der Waals surface area contributed by atoms with E-state index in [2.05, 4.69) is 21.2 Å². The van der Waals surface area contributed by atoms with Gasteiger partial charge in [-0.1, -0.05) is 22.0 Å². The number of rotatable bonds is 4. The lowest BCUT2D eigenvalue weighted by atomic mass is 9.97. The summed E-state index contributed by atoms with van der Waals surface area (Å²) in [5.74, 6) is -0.551. The Morgan fingerprint density at radius 2 is 1.85 bits per heavy atom. The van der Waals surface area contributed by atoms with E-state index in [4.69, 9.17) is 4.74 Å². The van der Waals surface area contributed by atoms with Gasteiger partial charge in [0.05, 0.1) is 13.2 Å². The second-order valence-corrected chi connectivity index (χ2v) is 5.19. The fourth-order valence-corrected chi connectivity index (χ4v) is 2.52. The van der Waals surface area contributed by atoms with Gasteiger partial charge in [0, 0.05) is 21.7 Å². The van der Waals surface area contributed by atoms with Gasteiger partial charge in [-0.05, 0) is 31.3 Å². The van der Waals surface area contributed by atoms with E-state index in [0.717, 1.165) is 16.1 Å². The molecule has 0 aliphatic heterocycles. The Kier molecular flexibility index (Phi) is 4.73. The first-order chi connectivity index (χ1) is 9.56. The third kappa shape index (κ3) is 2.99. The Morgan fingerprint density at radius 1 is 1.10 bits per heavy atom. The molecule has 0 fully saturated rings. The lowest BCUT2D eigenvalue weighted by Crippen LogP contribution is -2.20. The zero-order valence-corrected chi connectivity index (χ0v) is 12.7. The molecule has 5 heteroatoms. The number of halogens is 3. The van der Waals surface area contributed by atoms with Crippen LogP contribution in [0.15, 0.2) is 40.9 Å². The first-order valence-electron chi connectivity index (χ1n) is 6.02. The Balaban J connectivity index is 2.54. The van der Waals surface area contributed by atoms with Crippen LogP contribution in [-0.2, 0) is 0 Å². The zero-order chi connectivity index (χ0) is 14.7. The van der Waals surface area contributed by atoms with Crippen molar-refractivity contribution in [2.24, 2.45) is 0 Å². The van der Waals surface area contributed by atoms with Gasteiger partial charge in [0.2, 0.25) is 0 Å². The predicted molar refractivity (Wildman–Crippen MR) is 78.0 cm³/mol. The summed E-state index contributed by atoms with van der Waals surface area (Å²) in [5, 5.41) is 3.03. The molecule has 20 heavy (non-hydrogen) atoms. The molecule has 1 N–H and O–H groups in total. The minimum atomic E-state index is -0.595. The maximum absolute atomic E-state index is 14.0. The van der Waals surface area contributed by atoms with Crippen molar-refractivity contribution < 1.29 is 13.5 Å². The van der Waals surface area contributed by atoms with Crippen molar-refractivity contribution in [1.82, 2.24) is 5.32 Å². The van der Waals surface area contributed by atoms with Crippen LogP contribution in [0.25, 0.3) is 0 Å². The molecule has 0 radical (unpaired) electrons. The van der Waals surface area contributed by atoms with Gasteiger partial charge in [-0.25, -0.2) is 8.78 Å². The molecule has 0 spiro atoms. The molecule has 0 amide bonds. The summed E-state index contributed by atoms with van der Waals surface area (Å²) in [7, 11) is 3.27. The van der Waals surface area contributed by atoms with Crippen molar-refractivity contribution in [2.75, 3.05) is 14.2 Å². The quantitative estimate of drug-likeness (QED) is 0.905. The summed E-state index contributed by atoms with van der Waals surface area (Å²) in [6, 6.07) is 8.62. The van der Waals surface area contributed by atoms with Crippen LogP contribution in [0.1, 0.15) is 17.2 Å². The van der Waals surface area contributed by atoms with Gasteiger partial charge in [-0.2, -0.15) is 0 Å². The van der Waals surface area contributed by atoms with Crippen molar-refractivity contribution in [3.8, 4) is 5.75 Å². The molecule has 106 valence electrons. The zero-order valence-electron chi connectivity index (χ0n) is 11.1. The second-order valence-electron chi connectivity index (χ2n) is 4.27. The topological polar surface area (TPSA) is 21.3 Å². The highest BCUT2D eigenvalue weighted by molar-refractivity contribution is 9.10. The van der Waals surface area contributed by atoms with E-state index >= 15 is 0 Å². The number of methoxy groups -OCH3 is 1. The maximum Gasteiger partial charge on any atom is 0.131 e. The summed E-state index contributed by atoms with van der Waals surface area (Å²) in [4.78, 5) is 0. The van der Waals surface area contributed by atoms with Gasteiger partial charge in [0.15, 0.2) is 0 Å². The minimum absolute atomic E-state index is 0.366. The SMILES string of the molecule is CNC(c1ccc(F)cc1F)c1cc(Br)ccc1OC. The van der Waals surface area contributed by atoms with Crippen LogP contribution in [0, 0.1) is 11.6 Å². The molecule has 2 nitrogen and oxygen atoms in total. The van der Waals surface area contributed by atoms with Crippen LogP contribution in [-0.4, -0.2) is 14.2 Å². The highest BCUT2D eigenvalue weighted by Gasteiger charge is 2.20. The van der Waals surface area contributed by atoms with Crippen LogP contribution in [0.2, 0.25) is 0 Å². The first-order valence-corrected chi connectivity index (χ1v) is 6.81. The van der Waals surface area contributed by atoms with Gasteiger partial charge < -0.3 is 10.1 Å². The average Bonchev–Trinajstić information content (AvgIpc) is 2.42. The van der Waals surface area contributed by atoms with Gasteiger partial charge in [-0.15, -0.1) is 0 Å². The van der Waals surface area contributed by atoms with E-state index in [-0.39, 0.29) is 0 Å². The smallest absolute Gasteiger partial charge is 0.131 e. The number of hydrogen-bond acceptors (Lipinski definition) is 2. The molecule has 0 aromatic heterocycles. The molecule has 2 aromatic rings. The number of nitrogens with one attached hydrogen (secondary N) is 1. The maximum atomic E-state index is 14.0. The summed E-state index contributed by atoms with van der Waals surface area (Å²) >= 11 is 3.39. The predicted octanol–water partition coefficient (Wildman–Crippen LogP) is 4.04. The number of hydrogen-bond donors (Lipinski definition) is 1. The lowest BCUT2D eigenvalue weighted by molar-refractivity contribution is 0.404. The van der Waals surface area contributed by atoms with Crippen molar-refractivity contribution in [2.45, 2.75) is 6.04 Å². The number of ether oxygens (including phenoxy) is 1. The highest BCUT2D eigenvalue weighted by Crippen LogP contribution is 2.33. The fraction of sp³-hybridized carbons (Fsp3) is 0.200. The van der Waals surface area contributed by atoms with Crippen LogP contribution in [0.4, 0.5) is 8.78 Å². The van der Waals surface area contributed by atoms with E-state index in [1.165, 1.54) is 12.1 Å². The van der Waals surface area contributed by atoms with Crippen LogP contribution >= 0.6 is 15.9 Å². The molecule has 2 rings (SSSR count). The largest absolute Gasteiger partial charge is 0.496 e. The van der Waals surface area contributed by atoms with E-state index < -0.39 is 17.7 Å². The van der Waals surface area contributed by atoms with E-state index in [1.807, 2.05) is 12.1 Å². The summed E-state index contributed by atoms with van der Waals surface area (Å²) in [6.45, 7) is 0. The first kappa shape index (κ1) is 14.9. The molecule has 1 unspecified atom stereocenters. The minimum Gasteiger partial charge on any atom is -0.496 e. The standard InChI is InChI=1S/C15H14BrF2NO/c1-19-15(11-5-4-10(17)8-13(11)18)12-7-9(16)3-6-14(12)20-2/h3-8,15,19H,1-2H3. The molecular weight excluding hydrogens is 328 g/mol. The number of benzene rings is 2. The van der Waals surface area contributed by atoms with Crippen molar-refractivity contribution >= 4 is 15.9 Å². The van der Waals surface area contributed by atoms with Crippen LogP contribution in [0.5, 0.6) is 5.75 Å². The highest BCUT2D eigenvalue weighted by atomic mass is 79.9. The molecule has 0 saturated heterocycles. The molecule has 0 bridgehead atoms. The van der Waals surface area contributed by atoms with Crippen molar-refractivity contribution in [1.29, 1.82) is 0 Å². The van der Waals surface area contributed by atoms with E-state index in [0.29, 0.717) is 11.3 Å². The summed E-state index contributed by atoms with van der Waals surface area (Å²) in [5.41, 5.74) is 1.14. The van der Waals surface area contributed by atoms with E-state index in [9.17, 15) is 8.78 Å². The van der Waals surface area contributed by atoms with E-state index in [1.54, 1.807) is 20.2 Å². The van der Waals surface area contributed by atoms with Gasteiger partial charge in [0.1, 0.15) is 17.4 Å². The van der Waals surface area contributed by atoms with Gasteiger partial charge in [0.25, 0.3) is 0 Å². The third-order valence-corrected chi connectivity index (χ3v) is 3.56. The van der Waals surface area contributed by atoms with Gasteiger partial charge >= 0.3 is 0 Å². The molecule has 0 saturated carbocycles. The Labute approximate surface area is 124 Å². The molecule has 0 aliphatic carbocycles. The monoisotopic (exact) mass is 341 g/mol. The Bertz CT molecular complexity index is 619. The summed E-state index contributed by atoms with van der Waals surface area (Å²) < 4.78 is 33.2. The molecule has 2 aromatic carbocycles. The molecule has 0 aliphatic rings. The molecule has 0 heterocycles. The van der Waals surface area contributed by atoms with Gasteiger partial charge in [-0.3, -0.25) is 0 Å². The fourth-order valence-electron chi connectivity index (χ4n) is 2.14. The molecular formula is C15H14BrF2NO.